The van der Waals surface area contributed by atoms with Crippen molar-refractivity contribution in [3.63, 3.8) is 0 Å². The molecule has 0 bridgehead atoms. The van der Waals surface area contributed by atoms with Gasteiger partial charge >= 0.3 is 0 Å². The van der Waals surface area contributed by atoms with Crippen LogP contribution in [0.4, 0.5) is 0 Å². The summed E-state index contributed by atoms with van der Waals surface area (Å²) in [6.07, 6.45) is 5.55. The highest BCUT2D eigenvalue weighted by Crippen LogP contribution is 2.06. The molecule has 0 saturated heterocycles. The highest BCUT2D eigenvalue weighted by molar-refractivity contribution is 5.85. The minimum absolute atomic E-state index is 0. The van der Waals surface area contributed by atoms with Gasteiger partial charge < -0.3 is 10.3 Å². The number of aromatic nitrogens is 2. The average molecular weight is 260 g/mol. The fourth-order valence-corrected chi connectivity index (χ4v) is 1.45. The third-order valence-corrected chi connectivity index (χ3v) is 2.15. The molecule has 1 aromatic heterocycles. The van der Waals surface area contributed by atoms with Crippen LogP contribution in [0.5, 0.6) is 0 Å². The van der Waals surface area contributed by atoms with Crippen LogP contribution in [0, 0.1) is 0 Å². The molecule has 0 aliphatic rings. The summed E-state index contributed by atoms with van der Waals surface area (Å²) in [5.74, 6) is 0. The van der Waals surface area contributed by atoms with E-state index in [2.05, 4.69) is 17.1 Å². The minimum atomic E-state index is 0. The summed E-state index contributed by atoms with van der Waals surface area (Å²) >= 11 is 0. The van der Waals surface area contributed by atoms with E-state index in [-0.39, 0.29) is 24.8 Å². The van der Waals surface area contributed by atoms with Gasteiger partial charge in [-0.2, -0.15) is 0 Å². The van der Waals surface area contributed by atoms with Crippen LogP contribution in [-0.4, -0.2) is 9.55 Å². The number of nitrogens with two attached hydrogens (primary N) is 1. The van der Waals surface area contributed by atoms with E-state index in [1.807, 2.05) is 29.2 Å². The van der Waals surface area contributed by atoms with Gasteiger partial charge in [0.2, 0.25) is 0 Å². The Morgan fingerprint density at radius 2 is 1.94 bits per heavy atom. The number of halogens is 2. The fraction of sp³-hybridized carbons (Fsp3) is 0.182. The van der Waals surface area contributed by atoms with Crippen molar-refractivity contribution < 1.29 is 0 Å². The number of hydrogen-bond acceptors (Lipinski definition) is 2. The summed E-state index contributed by atoms with van der Waals surface area (Å²) in [5.41, 5.74) is 8.00. The molecule has 0 aliphatic carbocycles. The number of nitrogens with zero attached hydrogens (tertiary/aromatic N) is 2. The first-order chi connectivity index (χ1) is 6.88. The van der Waals surface area contributed by atoms with Gasteiger partial charge in [-0.25, -0.2) is 4.98 Å². The largest absolute Gasteiger partial charge is 0.333 e. The molecule has 0 aliphatic heterocycles. The van der Waals surface area contributed by atoms with Crippen molar-refractivity contribution in [3.8, 4) is 0 Å². The monoisotopic (exact) mass is 259 g/mol. The van der Waals surface area contributed by atoms with Gasteiger partial charge in [-0.15, -0.1) is 24.8 Å². The van der Waals surface area contributed by atoms with Gasteiger partial charge in [0.05, 0.1) is 6.33 Å². The molecule has 0 unspecified atom stereocenters. The predicted molar refractivity (Wildman–Crippen MR) is 70.2 cm³/mol. The molecule has 88 valence electrons. The first-order valence-electron chi connectivity index (χ1n) is 4.62. The summed E-state index contributed by atoms with van der Waals surface area (Å²) in [7, 11) is 0. The van der Waals surface area contributed by atoms with Gasteiger partial charge in [-0.05, 0) is 11.1 Å². The molecule has 1 aromatic carbocycles. The van der Waals surface area contributed by atoms with E-state index in [0.29, 0.717) is 6.54 Å². The van der Waals surface area contributed by atoms with Gasteiger partial charge in [0.1, 0.15) is 0 Å². The van der Waals surface area contributed by atoms with Gasteiger partial charge in [-0.3, -0.25) is 0 Å². The first-order valence-corrected chi connectivity index (χ1v) is 4.62. The maximum absolute atomic E-state index is 5.57. The Morgan fingerprint density at radius 3 is 2.56 bits per heavy atom. The summed E-state index contributed by atoms with van der Waals surface area (Å²) in [4.78, 5) is 4.00. The van der Waals surface area contributed by atoms with Crippen LogP contribution in [0.1, 0.15) is 11.1 Å². The van der Waals surface area contributed by atoms with E-state index >= 15 is 0 Å². The molecule has 1 heterocycles. The second-order valence-electron chi connectivity index (χ2n) is 3.26. The molecule has 3 nitrogen and oxygen atoms in total. The topological polar surface area (TPSA) is 43.8 Å². The highest BCUT2D eigenvalue weighted by atomic mass is 35.5. The second kappa shape index (κ2) is 7.28. The zero-order valence-corrected chi connectivity index (χ0v) is 10.4. The number of imidazole rings is 1. The van der Waals surface area contributed by atoms with Crippen molar-refractivity contribution in [2.24, 2.45) is 5.73 Å². The van der Waals surface area contributed by atoms with Crippen molar-refractivity contribution >= 4 is 24.8 Å². The zero-order chi connectivity index (χ0) is 9.80. The lowest BCUT2D eigenvalue weighted by atomic mass is 10.1. The number of hydrogen-bond donors (Lipinski definition) is 1. The summed E-state index contributed by atoms with van der Waals surface area (Å²) in [6, 6.07) is 8.30. The third kappa shape index (κ3) is 3.85. The molecule has 16 heavy (non-hydrogen) atoms. The SMILES string of the molecule is Cl.Cl.NCc1cccc(Cn2ccnc2)c1. The Labute approximate surface area is 108 Å². The van der Waals surface area contributed by atoms with Crippen LogP contribution in [0.15, 0.2) is 43.0 Å². The van der Waals surface area contributed by atoms with Crippen molar-refractivity contribution in [1.29, 1.82) is 0 Å². The van der Waals surface area contributed by atoms with E-state index in [1.165, 1.54) is 11.1 Å². The fourth-order valence-electron chi connectivity index (χ4n) is 1.45. The minimum Gasteiger partial charge on any atom is -0.333 e. The third-order valence-electron chi connectivity index (χ3n) is 2.15. The Morgan fingerprint density at radius 1 is 1.19 bits per heavy atom. The Hall–Kier alpha value is -1.03. The smallest absolute Gasteiger partial charge is 0.0949 e. The van der Waals surface area contributed by atoms with Crippen molar-refractivity contribution in [2.45, 2.75) is 13.1 Å². The summed E-state index contributed by atoms with van der Waals surface area (Å²) in [5, 5.41) is 0. The molecular formula is C11H15Cl2N3. The molecule has 2 rings (SSSR count). The van der Waals surface area contributed by atoms with E-state index in [0.717, 1.165) is 6.54 Å². The molecule has 0 radical (unpaired) electrons. The lowest BCUT2D eigenvalue weighted by Gasteiger charge is -2.04. The van der Waals surface area contributed by atoms with Crippen molar-refractivity contribution in [2.75, 3.05) is 0 Å². The number of rotatable bonds is 3. The average Bonchev–Trinajstić information content (AvgIpc) is 2.71. The molecule has 2 aromatic rings. The van der Waals surface area contributed by atoms with Gasteiger partial charge in [0.25, 0.3) is 0 Å². The van der Waals surface area contributed by atoms with Gasteiger partial charge in [0.15, 0.2) is 0 Å². The summed E-state index contributed by atoms with van der Waals surface area (Å²) in [6.45, 7) is 1.45. The Balaban J connectivity index is 0.00000112. The standard InChI is InChI=1S/C11H13N3.2ClH/c12-7-10-2-1-3-11(6-10)8-14-5-4-13-9-14;;/h1-6,9H,7-8,12H2;2*1H. The molecule has 0 saturated carbocycles. The van der Waals surface area contributed by atoms with Crippen LogP contribution in [-0.2, 0) is 13.1 Å². The van der Waals surface area contributed by atoms with Crippen LogP contribution < -0.4 is 5.73 Å². The molecule has 2 N–H and O–H groups in total. The predicted octanol–water partition coefficient (Wildman–Crippen LogP) is 2.23. The molecule has 0 atom stereocenters. The summed E-state index contributed by atoms with van der Waals surface area (Å²) < 4.78 is 2.04. The maximum atomic E-state index is 5.57. The van der Waals surface area contributed by atoms with Crippen LogP contribution >= 0.6 is 24.8 Å². The molecular weight excluding hydrogens is 245 g/mol. The van der Waals surface area contributed by atoms with E-state index in [1.54, 1.807) is 6.20 Å². The Bertz CT molecular complexity index is 401. The van der Waals surface area contributed by atoms with E-state index < -0.39 is 0 Å². The zero-order valence-electron chi connectivity index (χ0n) is 8.74. The van der Waals surface area contributed by atoms with Crippen molar-refractivity contribution in [3.05, 3.63) is 54.1 Å². The molecule has 0 amide bonds. The maximum Gasteiger partial charge on any atom is 0.0949 e. The molecule has 0 fully saturated rings. The van der Waals surface area contributed by atoms with Crippen LogP contribution in [0.2, 0.25) is 0 Å². The van der Waals surface area contributed by atoms with E-state index in [4.69, 9.17) is 5.73 Å². The van der Waals surface area contributed by atoms with Crippen LogP contribution in [0.3, 0.4) is 0 Å². The Kier molecular flexibility index (Phi) is 6.81. The van der Waals surface area contributed by atoms with Crippen molar-refractivity contribution in [1.82, 2.24) is 9.55 Å². The second-order valence-corrected chi connectivity index (χ2v) is 3.26. The quantitative estimate of drug-likeness (QED) is 0.919. The number of benzene rings is 1. The molecule has 5 heteroatoms. The first kappa shape index (κ1) is 15.0. The normalized spacial score (nSPS) is 9.06. The lowest BCUT2D eigenvalue weighted by Crippen LogP contribution is -2.00. The van der Waals surface area contributed by atoms with Gasteiger partial charge in [0, 0.05) is 25.5 Å². The van der Waals surface area contributed by atoms with E-state index in [9.17, 15) is 0 Å². The molecule has 0 spiro atoms. The van der Waals surface area contributed by atoms with Gasteiger partial charge in [-0.1, -0.05) is 24.3 Å². The highest BCUT2D eigenvalue weighted by Gasteiger charge is 1.95. The van der Waals surface area contributed by atoms with Crippen LogP contribution in [0.25, 0.3) is 0 Å². The lowest BCUT2D eigenvalue weighted by molar-refractivity contribution is 0.795.